The van der Waals surface area contributed by atoms with Gasteiger partial charge in [-0.25, -0.2) is 0 Å². The zero-order chi connectivity index (χ0) is 12.9. The fourth-order valence-electron chi connectivity index (χ4n) is 3.45. The topological polar surface area (TPSA) is 66.8 Å². The van der Waals surface area contributed by atoms with E-state index in [0.29, 0.717) is 13.0 Å². The third kappa shape index (κ3) is 1.72. The van der Waals surface area contributed by atoms with Crippen molar-refractivity contribution in [3.8, 4) is 0 Å². The molecule has 3 aliphatic rings. The second kappa shape index (κ2) is 3.95. The number of hydrogen-bond donors (Lipinski definition) is 1. The van der Waals surface area contributed by atoms with Gasteiger partial charge < -0.3 is 14.7 Å². The number of carboxylic acids is 1. The zero-order valence-corrected chi connectivity index (χ0v) is 10.6. The SMILES string of the molecule is C[C@@H]1CN(C(=O)[C@@H]2C[C@H]2C(=O)O)C2(CCCC2)O1. The van der Waals surface area contributed by atoms with Crippen molar-refractivity contribution < 1.29 is 19.4 Å². The largest absolute Gasteiger partial charge is 0.481 e. The Hall–Kier alpha value is -1.10. The summed E-state index contributed by atoms with van der Waals surface area (Å²) in [6.45, 7) is 2.59. The van der Waals surface area contributed by atoms with E-state index in [-0.39, 0.29) is 17.9 Å². The number of nitrogens with zero attached hydrogens (tertiary/aromatic N) is 1. The van der Waals surface area contributed by atoms with Crippen LogP contribution in [-0.2, 0) is 14.3 Å². The Morgan fingerprint density at radius 1 is 1.28 bits per heavy atom. The van der Waals surface area contributed by atoms with Gasteiger partial charge in [-0.1, -0.05) is 0 Å². The van der Waals surface area contributed by atoms with Gasteiger partial charge in [-0.2, -0.15) is 0 Å². The minimum Gasteiger partial charge on any atom is -0.481 e. The van der Waals surface area contributed by atoms with Crippen LogP contribution in [0, 0.1) is 11.8 Å². The van der Waals surface area contributed by atoms with Crippen LogP contribution in [-0.4, -0.2) is 40.3 Å². The van der Waals surface area contributed by atoms with Gasteiger partial charge in [0, 0.05) is 6.54 Å². The van der Waals surface area contributed by atoms with Gasteiger partial charge in [-0.05, 0) is 39.0 Å². The van der Waals surface area contributed by atoms with Gasteiger partial charge in [0.1, 0.15) is 5.72 Å². The molecule has 100 valence electrons. The fraction of sp³-hybridized carbons (Fsp3) is 0.846. The van der Waals surface area contributed by atoms with Crippen molar-refractivity contribution in [1.29, 1.82) is 0 Å². The Labute approximate surface area is 106 Å². The summed E-state index contributed by atoms with van der Waals surface area (Å²) in [5, 5.41) is 8.92. The summed E-state index contributed by atoms with van der Waals surface area (Å²) in [6, 6.07) is 0. The number of aliphatic carboxylic acids is 1. The normalized spacial score (nSPS) is 37.2. The monoisotopic (exact) mass is 253 g/mol. The zero-order valence-electron chi connectivity index (χ0n) is 10.6. The number of amides is 1. The summed E-state index contributed by atoms with van der Waals surface area (Å²) < 4.78 is 5.97. The van der Waals surface area contributed by atoms with E-state index in [4.69, 9.17) is 9.84 Å². The highest BCUT2D eigenvalue weighted by Gasteiger charge is 2.56. The number of hydrogen-bond acceptors (Lipinski definition) is 3. The molecule has 2 aliphatic carbocycles. The van der Waals surface area contributed by atoms with E-state index >= 15 is 0 Å². The molecule has 0 radical (unpaired) electrons. The predicted molar refractivity (Wildman–Crippen MR) is 62.7 cm³/mol. The fourth-order valence-corrected chi connectivity index (χ4v) is 3.45. The molecule has 1 spiro atoms. The van der Waals surface area contributed by atoms with Crippen LogP contribution in [0.15, 0.2) is 0 Å². The summed E-state index contributed by atoms with van der Waals surface area (Å²) in [5.74, 6) is -1.63. The van der Waals surface area contributed by atoms with Crippen LogP contribution in [0.2, 0.25) is 0 Å². The third-order valence-corrected chi connectivity index (χ3v) is 4.43. The van der Waals surface area contributed by atoms with Crippen LogP contribution >= 0.6 is 0 Å². The first-order valence-electron chi connectivity index (χ1n) is 6.76. The molecule has 0 unspecified atom stereocenters. The van der Waals surface area contributed by atoms with Gasteiger partial charge in [0.25, 0.3) is 0 Å². The lowest BCUT2D eigenvalue weighted by Gasteiger charge is -2.33. The highest BCUT2D eigenvalue weighted by molar-refractivity contribution is 5.90. The van der Waals surface area contributed by atoms with Crippen molar-refractivity contribution in [2.24, 2.45) is 11.8 Å². The van der Waals surface area contributed by atoms with E-state index in [1.807, 2.05) is 11.8 Å². The van der Waals surface area contributed by atoms with Gasteiger partial charge in [-0.15, -0.1) is 0 Å². The third-order valence-electron chi connectivity index (χ3n) is 4.43. The molecule has 2 saturated carbocycles. The van der Waals surface area contributed by atoms with Crippen LogP contribution in [0.1, 0.15) is 39.0 Å². The minimum atomic E-state index is -0.845. The lowest BCUT2D eigenvalue weighted by Crippen LogP contribution is -2.47. The van der Waals surface area contributed by atoms with E-state index in [2.05, 4.69) is 0 Å². The van der Waals surface area contributed by atoms with Crippen LogP contribution in [0.25, 0.3) is 0 Å². The second-order valence-corrected chi connectivity index (χ2v) is 5.82. The number of carboxylic acid groups (broad SMARTS) is 1. The Kier molecular flexibility index (Phi) is 2.62. The maximum absolute atomic E-state index is 12.4. The first-order chi connectivity index (χ1) is 8.53. The molecule has 1 saturated heterocycles. The number of carbonyl (C=O) groups is 2. The van der Waals surface area contributed by atoms with Gasteiger partial charge in [0.15, 0.2) is 0 Å². The van der Waals surface area contributed by atoms with Gasteiger partial charge >= 0.3 is 5.97 Å². The molecule has 5 heteroatoms. The molecule has 1 heterocycles. The van der Waals surface area contributed by atoms with Gasteiger partial charge in [0.05, 0.1) is 17.9 Å². The lowest BCUT2D eigenvalue weighted by molar-refractivity contribution is -0.154. The summed E-state index contributed by atoms with van der Waals surface area (Å²) in [7, 11) is 0. The van der Waals surface area contributed by atoms with E-state index in [1.54, 1.807) is 0 Å². The molecule has 1 aliphatic heterocycles. The highest BCUT2D eigenvalue weighted by atomic mass is 16.5. The van der Waals surface area contributed by atoms with Crippen LogP contribution in [0.3, 0.4) is 0 Å². The maximum atomic E-state index is 12.4. The van der Waals surface area contributed by atoms with Crippen molar-refractivity contribution in [2.75, 3.05) is 6.54 Å². The highest BCUT2D eigenvalue weighted by Crippen LogP contribution is 2.47. The van der Waals surface area contributed by atoms with Crippen LogP contribution in [0.5, 0.6) is 0 Å². The van der Waals surface area contributed by atoms with Crippen molar-refractivity contribution >= 4 is 11.9 Å². The summed E-state index contributed by atoms with van der Waals surface area (Å²) in [6.07, 6.45) is 4.53. The van der Waals surface area contributed by atoms with Crippen molar-refractivity contribution in [1.82, 2.24) is 4.90 Å². The molecule has 3 fully saturated rings. The van der Waals surface area contributed by atoms with Crippen LogP contribution in [0.4, 0.5) is 0 Å². The lowest BCUT2D eigenvalue weighted by atomic mass is 10.1. The van der Waals surface area contributed by atoms with Crippen molar-refractivity contribution in [2.45, 2.75) is 50.9 Å². The molecule has 1 N–H and O–H groups in total. The summed E-state index contributed by atoms with van der Waals surface area (Å²) in [5.41, 5.74) is -0.415. The van der Waals surface area contributed by atoms with E-state index in [9.17, 15) is 9.59 Å². The molecular weight excluding hydrogens is 234 g/mol. The second-order valence-electron chi connectivity index (χ2n) is 5.82. The average Bonchev–Trinajstić information content (AvgIpc) is 2.90. The number of rotatable bonds is 2. The standard InChI is InChI=1S/C13H19NO4/c1-8-7-14(13(18-8)4-2-3-5-13)11(15)9-6-10(9)12(16)17/h8-10H,2-7H2,1H3,(H,16,17)/t8-,9-,10-/m1/s1. The molecule has 3 atom stereocenters. The Bertz CT molecular complexity index is 388. The van der Waals surface area contributed by atoms with Crippen molar-refractivity contribution in [3.05, 3.63) is 0 Å². The van der Waals surface area contributed by atoms with E-state index < -0.39 is 17.6 Å². The summed E-state index contributed by atoms with van der Waals surface area (Å²) in [4.78, 5) is 25.1. The molecule has 3 rings (SSSR count). The predicted octanol–water partition coefficient (Wildman–Crippen LogP) is 1.22. The smallest absolute Gasteiger partial charge is 0.307 e. The Morgan fingerprint density at radius 2 is 1.94 bits per heavy atom. The summed E-state index contributed by atoms with van der Waals surface area (Å²) >= 11 is 0. The van der Waals surface area contributed by atoms with E-state index in [1.165, 1.54) is 0 Å². The molecule has 1 amide bonds. The number of carbonyl (C=O) groups excluding carboxylic acids is 1. The minimum absolute atomic E-state index is 0.00588. The van der Waals surface area contributed by atoms with Crippen molar-refractivity contribution in [3.63, 3.8) is 0 Å². The first-order valence-corrected chi connectivity index (χ1v) is 6.76. The van der Waals surface area contributed by atoms with Gasteiger partial charge in [-0.3, -0.25) is 9.59 Å². The molecule has 18 heavy (non-hydrogen) atoms. The molecule has 0 bridgehead atoms. The van der Waals surface area contributed by atoms with Gasteiger partial charge in [0.2, 0.25) is 5.91 Å². The molecule has 0 aromatic heterocycles. The molecular formula is C13H19NO4. The van der Waals surface area contributed by atoms with E-state index in [0.717, 1.165) is 25.7 Å². The molecule has 0 aromatic carbocycles. The maximum Gasteiger partial charge on any atom is 0.307 e. The quantitative estimate of drug-likeness (QED) is 0.803. The first kappa shape index (κ1) is 12.0. The molecule has 5 nitrogen and oxygen atoms in total. The Morgan fingerprint density at radius 3 is 2.50 bits per heavy atom. The van der Waals surface area contributed by atoms with Crippen LogP contribution < -0.4 is 0 Å². The number of ether oxygens (including phenoxy) is 1. The Balaban J connectivity index is 1.75. The average molecular weight is 253 g/mol. The molecule has 0 aromatic rings.